The van der Waals surface area contributed by atoms with E-state index in [9.17, 15) is 9.18 Å². The fourth-order valence-corrected chi connectivity index (χ4v) is 1.74. The van der Waals surface area contributed by atoms with Gasteiger partial charge in [0.2, 0.25) is 0 Å². The topological polar surface area (TPSA) is 38.3 Å². The summed E-state index contributed by atoms with van der Waals surface area (Å²) in [6.07, 6.45) is 1.05. The van der Waals surface area contributed by atoms with Crippen LogP contribution in [0.2, 0.25) is 5.02 Å². The molecule has 0 aliphatic carbocycles. The van der Waals surface area contributed by atoms with Crippen molar-refractivity contribution in [1.82, 2.24) is 5.32 Å². The third-order valence-electron chi connectivity index (χ3n) is 2.91. The Labute approximate surface area is 118 Å². The summed E-state index contributed by atoms with van der Waals surface area (Å²) in [6.45, 7) is 5.65. The molecule has 0 aliphatic rings. The zero-order valence-corrected chi connectivity index (χ0v) is 12.1. The number of nitrogens with one attached hydrogen (secondary N) is 1. The molecule has 3 nitrogen and oxygen atoms in total. The molecule has 1 amide bonds. The van der Waals surface area contributed by atoms with Gasteiger partial charge in [-0.1, -0.05) is 25.4 Å². The average molecular weight is 288 g/mol. The van der Waals surface area contributed by atoms with Crippen molar-refractivity contribution in [3.63, 3.8) is 0 Å². The number of rotatable bonds is 6. The maximum Gasteiger partial charge on any atom is 0.260 e. The van der Waals surface area contributed by atoms with Gasteiger partial charge in [-0.25, -0.2) is 4.39 Å². The van der Waals surface area contributed by atoms with E-state index >= 15 is 0 Å². The molecule has 1 rings (SSSR count). The molecule has 19 heavy (non-hydrogen) atoms. The van der Waals surface area contributed by atoms with E-state index < -0.39 is 11.9 Å². The Morgan fingerprint density at radius 1 is 1.42 bits per heavy atom. The van der Waals surface area contributed by atoms with Gasteiger partial charge in [0, 0.05) is 12.1 Å². The first-order chi connectivity index (χ1) is 8.97. The first-order valence-electron chi connectivity index (χ1n) is 6.40. The van der Waals surface area contributed by atoms with Gasteiger partial charge in [0.1, 0.15) is 11.6 Å². The van der Waals surface area contributed by atoms with Crippen LogP contribution in [-0.4, -0.2) is 18.1 Å². The lowest BCUT2D eigenvalue weighted by Crippen LogP contribution is -2.42. The summed E-state index contributed by atoms with van der Waals surface area (Å²) in [7, 11) is 0. The molecule has 0 bridgehead atoms. The van der Waals surface area contributed by atoms with Crippen molar-refractivity contribution in [2.24, 2.45) is 0 Å². The summed E-state index contributed by atoms with van der Waals surface area (Å²) in [6, 6.07) is 4.24. The van der Waals surface area contributed by atoms with Gasteiger partial charge in [-0.3, -0.25) is 4.79 Å². The fourth-order valence-electron chi connectivity index (χ4n) is 1.62. The van der Waals surface area contributed by atoms with Gasteiger partial charge in [0.05, 0.1) is 5.02 Å². The van der Waals surface area contributed by atoms with Gasteiger partial charge in [-0.2, -0.15) is 0 Å². The van der Waals surface area contributed by atoms with Crippen molar-refractivity contribution in [1.29, 1.82) is 0 Å². The summed E-state index contributed by atoms with van der Waals surface area (Å²) >= 11 is 5.58. The predicted molar refractivity (Wildman–Crippen MR) is 74.0 cm³/mol. The Bertz CT molecular complexity index is 435. The van der Waals surface area contributed by atoms with Gasteiger partial charge >= 0.3 is 0 Å². The first kappa shape index (κ1) is 15.8. The summed E-state index contributed by atoms with van der Waals surface area (Å²) < 4.78 is 18.6. The van der Waals surface area contributed by atoms with E-state index in [4.69, 9.17) is 16.3 Å². The Morgan fingerprint density at radius 2 is 2.05 bits per heavy atom. The molecule has 0 spiro atoms. The monoisotopic (exact) mass is 287 g/mol. The highest BCUT2D eigenvalue weighted by molar-refractivity contribution is 6.30. The molecule has 1 atom stereocenters. The lowest BCUT2D eigenvalue weighted by atomic mass is 10.1. The molecular formula is C14H19ClFNO2. The van der Waals surface area contributed by atoms with Gasteiger partial charge < -0.3 is 10.1 Å². The second kappa shape index (κ2) is 7.34. The molecule has 0 aromatic heterocycles. The Balaban J connectivity index is 2.60. The molecule has 1 aromatic carbocycles. The minimum absolute atomic E-state index is 0.0292. The molecule has 0 saturated heterocycles. The van der Waals surface area contributed by atoms with E-state index in [2.05, 4.69) is 5.32 Å². The van der Waals surface area contributed by atoms with Crippen LogP contribution in [0.5, 0.6) is 5.75 Å². The smallest absolute Gasteiger partial charge is 0.260 e. The van der Waals surface area contributed by atoms with E-state index in [-0.39, 0.29) is 22.7 Å². The number of carbonyl (C=O) groups is 1. The Morgan fingerprint density at radius 3 is 2.58 bits per heavy atom. The highest BCUT2D eigenvalue weighted by atomic mass is 35.5. The fraction of sp³-hybridized carbons (Fsp3) is 0.500. The zero-order valence-electron chi connectivity index (χ0n) is 11.4. The zero-order chi connectivity index (χ0) is 14.4. The molecule has 1 N–H and O–H groups in total. The van der Waals surface area contributed by atoms with Gasteiger partial charge in [-0.05, 0) is 31.9 Å². The second-order valence-electron chi connectivity index (χ2n) is 4.36. The van der Waals surface area contributed by atoms with Crippen LogP contribution in [0.25, 0.3) is 0 Å². The lowest BCUT2D eigenvalue weighted by Gasteiger charge is -2.19. The van der Waals surface area contributed by atoms with Crippen LogP contribution in [-0.2, 0) is 4.79 Å². The minimum Gasteiger partial charge on any atom is -0.481 e. The largest absolute Gasteiger partial charge is 0.481 e. The summed E-state index contributed by atoms with van der Waals surface area (Å²) in [5, 5.41) is 2.91. The molecule has 0 radical (unpaired) electrons. The number of benzene rings is 1. The number of hydrogen-bond donors (Lipinski definition) is 1. The van der Waals surface area contributed by atoms with Gasteiger partial charge in [0.15, 0.2) is 6.10 Å². The molecule has 0 aliphatic heterocycles. The summed E-state index contributed by atoms with van der Waals surface area (Å²) in [5.41, 5.74) is 0. The van der Waals surface area contributed by atoms with E-state index in [1.54, 1.807) is 6.92 Å². The van der Waals surface area contributed by atoms with Crippen LogP contribution in [0.1, 0.15) is 33.6 Å². The van der Waals surface area contributed by atoms with Crippen molar-refractivity contribution >= 4 is 17.5 Å². The normalized spacial score (nSPS) is 12.3. The maximum absolute atomic E-state index is 13.2. The molecule has 5 heteroatoms. The average Bonchev–Trinajstić information content (AvgIpc) is 2.39. The van der Waals surface area contributed by atoms with Crippen LogP contribution in [0.15, 0.2) is 18.2 Å². The minimum atomic E-state index is -0.679. The number of ether oxygens (including phenoxy) is 1. The second-order valence-corrected chi connectivity index (χ2v) is 4.77. The number of halogens is 2. The number of hydrogen-bond acceptors (Lipinski definition) is 2. The summed E-state index contributed by atoms with van der Waals surface area (Å²) in [4.78, 5) is 11.9. The van der Waals surface area contributed by atoms with E-state index in [0.717, 1.165) is 12.8 Å². The molecule has 0 saturated carbocycles. The van der Waals surface area contributed by atoms with E-state index in [0.29, 0.717) is 0 Å². The van der Waals surface area contributed by atoms with Crippen molar-refractivity contribution in [2.45, 2.75) is 45.8 Å². The quantitative estimate of drug-likeness (QED) is 0.869. The van der Waals surface area contributed by atoms with Crippen molar-refractivity contribution in [3.05, 3.63) is 29.0 Å². The molecule has 0 heterocycles. The van der Waals surface area contributed by atoms with Crippen LogP contribution in [0, 0.1) is 5.82 Å². The summed E-state index contributed by atoms with van der Waals surface area (Å²) in [5.74, 6) is -0.482. The standard InChI is InChI=1S/C14H19ClFNO2/c1-4-10(5-2)17-14(18)9(3)19-11-6-7-12(15)13(16)8-11/h6-10H,4-5H2,1-3H3,(H,17,18). The molecule has 1 unspecified atom stereocenters. The highest BCUT2D eigenvalue weighted by Crippen LogP contribution is 2.21. The van der Waals surface area contributed by atoms with Gasteiger partial charge in [-0.15, -0.1) is 0 Å². The third-order valence-corrected chi connectivity index (χ3v) is 3.21. The lowest BCUT2D eigenvalue weighted by molar-refractivity contribution is -0.128. The van der Waals surface area contributed by atoms with Crippen molar-refractivity contribution < 1.29 is 13.9 Å². The van der Waals surface area contributed by atoms with Gasteiger partial charge in [0.25, 0.3) is 5.91 Å². The predicted octanol–water partition coefficient (Wildman–Crippen LogP) is 3.55. The highest BCUT2D eigenvalue weighted by Gasteiger charge is 2.17. The Hall–Kier alpha value is -1.29. The molecule has 0 fully saturated rings. The molecule has 106 valence electrons. The van der Waals surface area contributed by atoms with Crippen LogP contribution in [0.3, 0.4) is 0 Å². The third kappa shape index (κ3) is 4.71. The molecule has 1 aromatic rings. The van der Waals surface area contributed by atoms with E-state index in [1.807, 2.05) is 13.8 Å². The SMILES string of the molecule is CCC(CC)NC(=O)C(C)Oc1ccc(Cl)c(F)c1. The van der Waals surface area contributed by atoms with Crippen molar-refractivity contribution in [3.8, 4) is 5.75 Å². The van der Waals surface area contributed by atoms with E-state index in [1.165, 1.54) is 18.2 Å². The first-order valence-corrected chi connectivity index (χ1v) is 6.77. The van der Waals surface area contributed by atoms with Crippen LogP contribution in [0.4, 0.5) is 4.39 Å². The number of amides is 1. The number of carbonyl (C=O) groups excluding carboxylic acids is 1. The van der Waals surface area contributed by atoms with Crippen LogP contribution < -0.4 is 10.1 Å². The van der Waals surface area contributed by atoms with Crippen LogP contribution >= 0.6 is 11.6 Å². The Kier molecular flexibility index (Phi) is 6.09. The molecular weight excluding hydrogens is 269 g/mol. The van der Waals surface area contributed by atoms with Crippen molar-refractivity contribution in [2.75, 3.05) is 0 Å². The maximum atomic E-state index is 13.2.